The summed E-state index contributed by atoms with van der Waals surface area (Å²) >= 11 is 5.95. The van der Waals surface area contributed by atoms with Gasteiger partial charge >= 0.3 is 5.97 Å². The predicted octanol–water partition coefficient (Wildman–Crippen LogP) is 1.87. The zero-order valence-corrected chi connectivity index (χ0v) is 11.7. The maximum Gasteiger partial charge on any atom is 0.329 e. The molecule has 7 heteroatoms. The third-order valence-electron chi connectivity index (χ3n) is 3.32. The number of nitrogens with zero attached hydrogens (tertiary/aromatic N) is 1. The average Bonchev–Trinajstić information content (AvgIpc) is 2.35. The molecule has 0 atom stereocenters. The van der Waals surface area contributed by atoms with Gasteiger partial charge in [-0.2, -0.15) is 0 Å². The largest absolute Gasteiger partial charge is 0.480 e. The quantitative estimate of drug-likeness (QED) is 0.866. The monoisotopic (exact) mass is 298 g/mol. The molecule has 1 amide bonds. The summed E-state index contributed by atoms with van der Waals surface area (Å²) in [7, 11) is 0. The van der Waals surface area contributed by atoms with Crippen LogP contribution in [0, 0.1) is 0 Å². The van der Waals surface area contributed by atoms with Crippen LogP contribution in [0.3, 0.4) is 0 Å². The summed E-state index contributed by atoms with van der Waals surface area (Å²) in [5.74, 6) is -1.26. The lowest BCUT2D eigenvalue weighted by molar-refractivity contribution is -0.148. The van der Waals surface area contributed by atoms with Gasteiger partial charge in [-0.1, -0.05) is 11.6 Å². The number of hydrogen-bond acceptors (Lipinski definition) is 4. The highest BCUT2D eigenvalue weighted by Crippen LogP contribution is 2.32. The predicted molar refractivity (Wildman–Crippen MR) is 72.1 cm³/mol. The third kappa shape index (κ3) is 2.70. The average molecular weight is 299 g/mol. The first-order valence-corrected chi connectivity index (χ1v) is 6.70. The van der Waals surface area contributed by atoms with Gasteiger partial charge in [0.25, 0.3) is 5.91 Å². The Bertz CT molecular complexity index is 543. The van der Waals surface area contributed by atoms with E-state index in [9.17, 15) is 14.7 Å². The molecule has 0 aliphatic heterocycles. The van der Waals surface area contributed by atoms with Gasteiger partial charge in [-0.05, 0) is 32.3 Å². The van der Waals surface area contributed by atoms with Gasteiger partial charge in [-0.25, -0.2) is 9.78 Å². The van der Waals surface area contributed by atoms with Crippen LogP contribution < -0.4 is 10.1 Å². The zero-order valence-electron chi connectivity index (χ0n) is 11.0. The van der Waals surface area contributed by atoms with Gasteiger partial charge in [0.05, 0.1) is 12.2 Å². The molecule has 0 radical (unpaired) electrons. The maximum atomic E-state index is 12.1. The Morgan fingerprint density at radius 2 is 2.25 bits per heavy atom. The van der Waals surface area contributed by atoms with Gasteiger partial charge in [-0.15, -0.1) is 0 Å². The Kier molecular flexibility index (Phi) is 4.13. The van der Waals surface area contributed by atoms with E-state index in [2.05, 4.69) is 10.3 Å². The summed E-state index contributed by atoms with van der Waals surface area (Å²) in [5.41, 5.74) is -0.937. The minimum absolute atomic E-state index is 0.214. The van der Waals surface area contributed by atoms with Gasteiger partial charge in [-0.3, -0.25) is 4.79 Å². The molecule has 1 saturated carbocycles. The van der Waals surface area contributed by atoms with Crippen LogP contribution in [0.1, 0.15) is 36.5 Å². The first kappa shape index (κ1) is 14.6. The number of carbonyl (C=O) groups excluding carboxylic acids is 1. The maximum absolute atomic E-state index is 12.1. The normalized spacial score (nSPS) is 16.1. The van der Waals surface area contributed by atoms with Crippen LogP contribution >= 0.6 is 11.6 Å². The third-order valence-corrected chi connectivity index (χ3v) is 3.59. The SMILES string of the molecule is CCOc1ncc(C(=O)NC2(C(=O)O)CCC2)cc1Cl. The van der Waals surface area contributed by atoms with E-state index in [4.69, 9.17) is 16.3 Å². The molecule has 108 valence electrons. The van der Waals surface area contributed by atoms with Crippen molar-refractivity contribution in [3.05, 3.63) is 22.8 Å². The van der Waals surface area contributed by atoms with Crippen molar-refractivity contribution in [2.45, 2.75) is 31.7 Å². The van der Waals surface area contributed by atoms with Crippen molar-refractivity contribution in [2.24, 2.45) is 0 Å². The minimum atomic E-state index is -1.15. The Labute approximate surface area is 121 Å². The second kappa shape index (κ2) is 5.66. The molecular formula is C13H15ClN2O4. The standard InChI is InChI=1S/C13H15ClN2O4/c1-2-20-11-9(14)6-8(7-15-11)10(17)16-13(12(18)19)4-3-5-13/h6-7H,2-5H2,1H3,(H,16,17)(H,18,19). The van der Waals surface area contributed by atoms with Crippen molar-refractivity contribution in [3.63, 3.8) is 0 Å². The summed E-state index contributed by atoms with van der Waals surface area (Å²) in [5, 5.41) is 11.9. The van der Waals surface area contributed by atoms with Crippen LogP contribution in [0.4, 0.5) is 0 Å². The number of aromatic nitrogens is 1. The number of pyridine rings is 1. The summed E-state index contributed by atoms with van der Waals surface area (Å²) in [6.07, 6.45) is 2.98. The van der Waals surface area contributed by atoms with E-state index < -0.39 is 17.4 Å². The van der Waals surface area contributed by atoms with Crippen molar-refractivity contribution in [1.29, 1.82) is 0 Å². The van der Waals surface area contributed by atoms with Crippen LogP contribution in [-0.2, 0) is 4.79 Å². The Hall–Kier alpha value is -1.82. The number of hydrogen-bond donors (Lipinski definition) is 2. The van der Waals surface area contributed by atoms with E-state index in [0.717, 1.165) is 6.42 Å². The number of rotatable bonds is 5. The number of ether oxygens (including phenoxy) is 1. The van der Waals surface area contributed by atoms with Gasteiger partial charge in [0, 0.05) is 6.20 Å². The van der Waals surface area contributed by atoms with E-state index in [1.54, 1.807) is 6.92 Å². The number of carboxylic acids is 1. The fourth-order valence-electron chi connectivity index (χ4n) is 2.00. The van der Waals surface area contributed by atoms with Gasteiger partial charge in [0.1, 0.15) is 10.6 Å². The molecule has 0 unspecified atom stereocenters. The summed E-state index contributed by atoms with van der Waals surface area (Å²) in [4.78, 5) is 27.2. The molecule has 1 fully saturated rings. The van der Waals surface area contributed by atoms with Crippen LogP contribution in [0.2, 0.25) is 5.02 Å². The number of carboxylic acid groups (broad SMARTS) is 1. The van der Waals surface area contributed by atoms with E-state index >= 15 is 0 Å². The van der Waals surface area contributed by atoms with Crippen molar-refractivity contribution >= 4 is 23.5 Å². The lowest BCUT2D eigenvalue weighted by Gasteiger charge is -2.38. The number of halogens is 1. The van der Waals surface area contributed by atoms with Gasteiger partial charge < -0.3 is 15.2 Å². The van der Waals surface area contributed by atoms with Crippen LogP contribution in [0.15, 0.2) is 12.3 Å². The fraction of sp³-hybridized carbons (Fsp3) is 0.462. The summed E-state index contributed by atoms with van der Waals surface area (Å²) in [6, 6.07) is 1.42. The second-order valence-corrected chi connectivity index (χ2v) is 5.05. The van der Waals surface area contributed by atoms with E-state index in [1.807, 2.05) is 0 Å². The molecule has 1 aliphatic rings. The Morgan fingerprint density at radius 3 is 2.70 bits per heavy atom. The van der Waals surface area contributed by atoms with Gasteiger partial charge in [0.15, 0.2) is 0 Å². The zero-order chi connectivity index (χ0) is 14.8. The van der Waals surface area contributed by atoms with E-state index in [-0.39, 0.29) is 16.5 Å². The molecule has 0 aromatic carbocycles. The summed E-state index contributed by atoms with van der Waals surface area (Å²) < 4.78 is 5.17. The molecule has 0 bridgehead atoms. The topological polar surface area (TPSA) is 88.5 Å². The highest BCUT2D eigenvalue weighted by Gasteiger charge is 2.45. The molecule has 1 aliphatic carbocycles. The number of amides is 1. The molecular weight excluding hydrogens is 284 g/mol. The second-order valence-electron chi connectivity index (χ2n) is 4.64. The molecule has 6 nitrogen and oxygen atoms in total. The first-order chi connectivity index (χ1) is 9.48. The van der Waals surface area contributed by atoms with Crippen molar-refractivity contribution in [3.8, 4) is 5.88 Å². The van der Waals surface area contributed by atoms with Crippen LogP contribution in [0.25, 0.3) is 0 Å². The smallest absolute Gasteiger partial charge is 0.329 e. The molecule has 2 rings (SSSR count). The fourth-order valence-corrected chi connectivity index (χ4v) is 2.23. The summed E-state index contributed by atoms with van der Waals surface area (Å²) in [6.45, 7) is 2.21. The molecule has 20 heavy (non-hydrogen) atoms. The van der Waals surface area contributed by atoms with Crippen molar-refractivity contribution in [2.75, 3.05) is 6.61 Å². The first-order valence-electron chi connectivity index (χ1n) is 6.33. The lowest BCUT2D eigenvalue weighted by atomic mass is 9.76. The highest BCUT2D eigenvalue weighted by atomic mass is 35.5. The lowest BCUT2D eigenvalue weighted by Crippen LogP contribution is -2.59. The number of aliphatic carboxylic acids is 1. The molecule has 2 N–H and O–H groups in total. The van der Waals surface area contributed by atoms with E-state index in [1.165, 1.54) is 12.3 Å². The van der Waals surface area contributed by atoms with Crippen molar-refractivity contribution in [1.82, 2.24) is 10.3 Å². The van der Waals surface area contributed by atoms with Gasteiger partial charge in [0.2, 0.25) is 5.88 Å². The Balaban J connectivity index is 2.13. The van der Waals surface area contributed by atoms with Crippen molar-refractivity contribution < 1.29 is 19.4 Å². The van der Waals surface area contributed by atoms with Crippen LogP contribution in [0.5, 0.6) is 5.88 Å². The highest BCUT2D eigenvalue weighted by molar-refractivity contribution is 6.32. The molecule has 1 aromatic heterocycles. The van der Waals surface area contributed by atoms with E-state index in [0.29, 0.717) is 19.4 Å². The van der Waals surface area contributed by atoms with Crippen LogP contribution in [-0.4, -0.2) is 34.1 Å². The molecule has 0 spiro atoms. The number of nitrogens with one attached hydrogen (secondary N) is 1. The minimum Gasteiger partial charge on any atom is -0.480 e. The molecule has 1 heterocycles. The molecule has 0 saturated heterocycles. The number of carbonyl (C=O) groups is 2. The molecule has 1 aromatic rings. The Morgan fingerprint density at radius 1 is 1.55 bits per heavy atom.